The summed E-state index contributed by atoms with van der Waals surface area (Å²) in [6.07, 6.45) is 0.862. The molecule has 0 fully saturated rings. The second-order valence-corrected chi connectivity index (χ2v) is 2.89. The molecule has 68 valence electrons. The zero-order valence-corrected chi connectivity index (χ0v) is 11.0. The van der Waals surface area contributed by atoms with Gasteiger partial charge in [0.15, 0.2) is 0 Å². The Morgan fingerprint density at radius 1 is 0.929 bits per heavy atom. The van der Waals surface area contributed by atoms with Crippen LogP contribution in [0.15, 0.2) is 42.5 Å². The molecule has 0 atom stereocenters. The van der Waals surface area contributed by atoms with Crippen molar-refractivity contribution in [1.82, 2.24) is 0 Å². The summed E-state index contributed by atoms with van der Waals surface area (Å²) in [6.45, 7) is 3.91. The first-order chi connectivity index (χ1) is 5.92. The van der Waals surface area contributed by atoms with Gasteiger partial charge in [0.1, 0.15) is 0 Å². The van der Waals surface area contributed by atoms with Crippen LogP contribution in [0.4, 0.5) is 0 Å². The molecule has 2 aromatic carbocycles. The van der Waals surface area contributed by atoms with E-state index in [-0.39, 0.29) is 40.0 Å². The average Bonchev–Trinajstić information content (AvgIpc) is 2.17. The summed E-state index contributed by atoms with van der Waals surface area (Å²) in [4.78, 5) is 0. The molecule has 2 heteroatoms. The van der Waals surface area contributed by atoms with E-state index in [0.29, 0.717) is 0 Å². The van der Waals surface area contributed by atoms with Crippen LogP contribution in [0.2, 0.25) is 0 Å². The van der Waals surface area contributed by atoms with Crippen molar-refractivity contribution in [3.63, 3.8) is 0 Å². The summed E-state index contributed by atoms with van der Waals surface area (Å²) in [7, 11) is 0. The predicted molar refractivity (Wildman–Crippen MR) is 58.8 cm³/mol. The molecule has 0 amide bonds. The molecule has 14 heavy (non-hydrogen) atoms. The monoisotopic (exact) mass is 258 g/mol. The molecule has 0 unspecified atom stereocenters. The molecule has 0 aliphatic rings. The van der Waals surface area contributed by atoms with Crippen molar-refractivity contribution in [3.05, 3.63) is 55.0 Å². The Balaban J connectivity index is 0.000000845. The fourth-order valence-corrected chi connectivity index (χ4v) is 1.51. The quantitative estimate of drug-likeness (QED) is 0.493. The van der Waals surface area contributed by atoms with E-state index in [2.05, 4.69) is 49.4 Å². The van der Waals surface area contributed by atoms with Crippen LogP contribution in [0.25, 0.3) is 10.8 Å². The third-order valence-corrected chi connectivity index (χ3v) is 2.15. The van der Waals surface area contributed by atoms with Gasteiger partial charge in [0, 0.05) is 0 Å². The molecule has 0 bridgehead atoms. The van der Waals surface area contributed by atoms with Crippen LogP contribution in [0, 0.1) is 6.92 Å². The van der Waals surface area contributed by atoms with Crippen molar-refractivity contribution < 1.29 is 17.0 Å². The van der Waals surface area contributed by atoms with Crippen LogP contribution >= 0.6 is 0 Å². The zero-order chi connectivity index (χ0) is 8.39. The number of halogens is 1. The second-order valence-electron chi connectivity index (χ2n) is 2.89. The van der Waals surface area contributed by atoms with Crippen molar-refractivity contribution >= 4 is 33.8 Å². The number of hydrogen-bond acceptors (Lipinski definition) is 0. The van der Waals surface area contributed by atoms with Gasteiger partial charge in [0.05, 0.1) is 0 Å². The van der Waals surface area contributed by atoms with Crippen molar-refractivity contribution in [2.45, 2.75) is 6.42 Å². The number of hydrogen-bond donors (Lipinski definition) is 0. The maximum Gasteiger partial charge on any atom is 2.00 e. The van der Waals surface area contributed by atoms with Gasteiger partial charge in [0.25, 0.3) is 0 Å². The van der Waals surface area contributed by atoms with Crippen LogP contribution in [0.1, 0.15) is 5.56 Å². The maximum atomic E-state index is 3.91. The van der Waals surface area contributed by atoms with Gasteiger partial charge in [-0.3, -0.25) is 0 Å². The number of benzene rings is 2. The zero-order valence-electron chi connectivity index (χ0n) is 8.04. The van der Waals surface area contributed by atoms with E-state index in [9.17, 15) is 0 Å². The fraction of sp³-hybridized carbons (Fsp3) is 0.0833. The Bertz CT molecular complexity index is 393. The molecule has 0 saturated carbocycles. The summed E-state index contributed by atoms with van der Waals surface area (Å²) in [5, 5.41) is 2.63. The first kappa shape index (κ1) is 13.9. The van der Waals surface area contributed by atoms with Gasteiger partial charge >= 0.3 is 23.1 Å². The minimum Gasteiger partial charge on any atom is -1.00 e. The minimum absolute atomic E-state index is 0. The topological polar surface area (TPSA) is 0 Å². The number of rotatable bonds is 1. The normalized spacial score (nSPS) is 8.93. The molecule has 0 aliphatic heterocycles. The van der Waals surface area contributed by atoms with Gasteiger partial charge in [-0.25, -0.2) is 0 Å². The molecular weight excluding hydrogens is 248 g/mol. The molecule has 2 aromatic rings. The van der Waals surface area contributed by atoms with Gasteiger partial charge in [-0.1, -0.05) is 48.0 Å². The Kier molecular flexibility index (Phi) is 6.41. The van der Waals surface area contributed by atoms with Gasteiger partial charge < -0.3 is 23.9 Å². The average molecular weight is 259 g/mol. The Labute approximate surface area is 112 Å². The summed E-state index contributed by atoms with van der Waals surface area (Å²) < 4.78 is 0. The third-order valence-electron chi connectivity index (χ3n) is 2.15. The SMILES string of the molecule is [Br-].[CH2-]Cc1cccc2ccccc12.[Mg+2]. The van der Waals surface area contributed by atoms with Gasteiger partial charge in [-0.05, 0) is 10.8 Å². The first-order valence-electron chi connectivity index (χ1n) is 4.17. The molecule has 2 rings (SSSR count). The van der Waals surface area contributed by atoms with Gasteiger partial charge in [-0.2, -0.15) is 6.42 Å². The summed E-state index contributed by atoms with van der Waals surface area (Å²) >= 11 is 0. The molecule has 0 saturated heterocycles. The van der Waals surface area contributed by atoms with Crippen LogP contribution in [-0.4, -0.2) is 23.1 Å². The van der Waals surface area contributed by atoms with Crippen molar-refractivity contribution in [3.8, 4) is 0 Å². The predicted octanol–water partition coefficient (Wildman–Crippen LogP) is -0.160. The fourth-order valence-electron chi connectivity index (χ4n) is 1.51. The standard InChI is InChI=1S/C12H11.BrH.Mg/c1-2-10-7-5-8-11-6-3-4-9-12(10)11;;/h3-9H,1-2H2;1H;/q-1;;+2/p-1. The van der Waals surface area contributed by atoms with Crippen molar-refractivity contribution in [2.75, 3.05) is 0 Å². The Morgan fingerprint density at radius 2 is 1.57 bits per heavy atom. The van der Waals surface area contributed by atoms with Gasteiger partial charge in [0.2, 0.25) is 0 Å². The van der Waals surface area contributed by atoms with Crippen LogP contribution in [0.3, 0.4) is 0 Å². The summed E-state index contributed by atoms with van der Waals surface area (Å²) in [5.74, 6) is 0. The van der Waals surface area contributed by atoms with Crippen molar-refractivity contribution in [1.29, 1.82) is 0 Å². The largest absolute Gasteiger partial charge is 2.00 e. The Morgan fingerprint density at radius 3 is 2.29 bits per heavy atom. The van der Waals surface area contributed by atoms with E-state index in [1.807, 2.05) is 0 Å². The van der Waals surface area contributed by atoms with E-state index in [0.717, 1.165) is 6.42 Å². The number of fused-ring (bicyclic) bond motifs is 1. The second kappa shape index (κ2) is 6.43. The smallest absolute Gasteiger partial charge is 1.00 e. The van der Waals surface area contributed by atoms with E-state index < -0.39 is 0 Å². The molecule has 0 heterocycles. The molecule has 0 radical (unpaired) electrons. The van der Waals surface area contributed by atoms with E-state index in [1.165, 1.54) is 16.3 Å². The van der Waals surface area contributed by atoms with Crippen molar-refractivity contribution in [2.24, 2.45) is 0 Å². The van der Waals surface area contributed by atoms with Crippen LogP contribution in [0.5, 0.6) is 0 Å². The Hall–Kier alpha value is -0.0538. The summed E-state index contributed by atoms with van der Waals surface area (Å²) in [5.41, 5.74) is 1.33. The minimum atomic E-state index is 0. The molecule has 0 spiro atoms. The van der Waals surface area contributed by atoms with E-state index >= 15 is 0 Å². The van der Waals surface area contributed by atoms with Crippen LogP contribution in [-0.2, 0) is 6.42 Å². The first-order valence-corrected chi connectivity index (χ1v) is 4.17. The molecule has 0 aliphatic carbocycles. The van der Waals surface area contributed by atoms with E-state index in [1.54, 1.807) is 0 Å². The van der Waals surface area contributed by atoms with E-state index in [4.69, 9.17) is 0 Å². The maximum absolute atomic E-state index is 3.91. The third kappa shape index (κ3) is 2.72. The van der Waals surface area contributed by atoms with Gasteiger partial charge in [-0.15, -0.1) is 0 Å². The molecule has 0 aromatic heterocycles. The molecule has 0 nitrogen and oxygen atoms in total. The molecule has 0 N–H and O–H groups in total. The summed E-state index contributed by atoms with van der Waals surface area (Å²) in [6, 6.07) is 14.8. The van der Waals surface area contributed by atoms with Crippen LogP contribution < -0.4 is 17.0 Å². The molecular formula is C12H11BrMg.